The summed E-state index contributed by atoms with van der Waals surface area (Å²) in [5.41, 5.74) is 0. The van der Waals surface area contributed by atoms with Crippen LogP contribution >= 0.6 is 0 Å². The molecule has 0 saturated heterocycles. The molecular weight excluding hydrogens is 148 g/mol. The zero-order valence-electron chi connectivity index (χ0n) is 5.34. The van der Waals surface area contributed by atoms with Crippen molar-refractivity contribution >= 4 is 4.42 Å². The van der Waals surface area contributed by atoms with E-state index in [-0.39, 0.29) is 7.43 Å². The van der Waals surface area contributed by atoms with E-state index in [1.54, 1.807) is 0 Å². The van der Waals surface area contributed by atoms with Crippen LogP contribution in [0.5, 0.6) is 0 Å². The maximum absolute atomic E-state index is 5.14. The van der Waals surface area contributed by atoms with Gasteiger partial charge < -0.3 is 7.43 Å². The third-order valence-corrected chi connectivity index (χ3v) is 1.83. The van der Waals surface area contributed by atoms with Gasteiger partial charge >= 0.3 is 52.1 Å². The fraction of sp³-hybridized carbons (Fsp3) is 0.714. The maximum atomic E-state index is 5.14. The van der Waals surface area contributed by atoms with E-state index in [1.807, 2.05) is 0 Å². The van der Waals surface area contributed by atoms with Gasteiger partial charge in [-0.2, -0.15) is 0 Å². The molecule has 53 valence electrons. The predicted octanol–water partition coefficient (Wildman–Crippen LogP) is 2.12. The molecule has 1 aliphatic rings. The topological polar surface area (TPSA) is 0 Å². The average molecular weight is 161 g/mol. The first-order valence-electron chi connectivity index (χ1n) is 2.86. The van der Waals surface area contributed by atoms with E-state index in [0.29, 0.717) is 0 Å². The molecule has 1 saturated carbocycles. The number of rotatable bonds is 0. The summed E-state index contributed by atoms with van der Waals surface area (Å²) in [6.07, 6.45) is 6.50. The van der Waals surface area contributed by atoms with Gasteiger partial charge in [-0.05, 0) is 0 Å². The van der Waals surface area contributed by atoms with Crippen molar-refractivity contribution < 1.29 is 15.6 Å². The minimum absolute atomic E-state index is 0. The molecule has 0 aromatic carbocycles. The molecule has 1 fully saturated rings. The van der Waals surface area contributed by atoms with Gasteiger partial charge in [0.2, 0.25) is 0 Å². The molecule has 0 amide bonds. The van der Waals surface area contributed by atoms with Crippen LogP contribution in [0.4, 0.5) is 0 Å². The summed E-state index contributed by atoms with van der Waals surface area (Å²) in [5, 5.41) is 0. The average Bonchev–Trinajstić information content (AvgIpc) is 1.69. The van der Waals surface area contributed by atoms with Crippen molar-refractivity contribution in [3.63, 3.8) is 0 Å². The minimum atomic E-state index is 0. The van der Waals surface area contributed by atoms with Crippen LogP contribution in [0.3, 0.4) is 0 Å². The molecular formula is C7H13Cu-. The third-order valence-electron chi connectivity index (χ3n) is 1.36. The van der Waals surface area contributed by atoms with E-state index in [1.165, 1.54) is 36.5 Å². The molecule has 0 spiro atoms. The second-order valence-electron chi connectivity index (χ2n) is 2.02. The summed E-state index contributed by atoms with van der Waals surface area (Å²) in [6.45, 7) is 0. The zero-order valence-corrected chi connectivity index (χ0v) is 6.28. The quantitative estimate of drug-likeness (QED) is 0.376. The van der Waals surface area contributed by atoms with Crippen LogP contribution in [-0.4, -0.2) is 4.42 Å². The van der Waals surface area contributed by atoms with Crippen LogP contribution in [0.25, 0.3) is 0 Å². The van der Waals surface area contributed by atoms with E-state index >= 15 is 0 Å². The Hall–Kier alpha value is 0.389. The molecule has 0 N–H and O–H groups in total. The van der Waals surface area contributed by atoms with Crippen LogP contribution in [0, 0.1) is 7.43 Å². The van der Waals surface area contributed by atoms with E-state index < -0.39 is 0 Å². The predicted molar refractivity (Wildman–Crippen MR) is 34.5 cm³/mol. The molecule has 0 aromatic rings. The first kappa shape index (κ1) is 8.39. The van der Waals surface area contributed by atoms with Crippen molar-refractivity contribution in [1.29, 1.82) is 0 Å². The number of hydrogen-bond donors (Lipinski definition) is 0. The van der Waals surface area contributed by atoms with Crippen LogP contribution in [0.1, 0.15) is 32.1 Å². The first-order valence-corrected chi connectivity index (χ1v) is 3.33. The Labute approximate surface area is 60.0 Å². The summed E-state index contributed by atoms with van der Waals surface area (Å²) in [4.78, 5) is 0. The van der Waals surface area contributed by atoms with Gasteiger partial charge in [-0.3, -0.25) is 0 Å². The normalized spacial score (nSPS) is 20.0. The second-order valence-corrected chi connectivity index (χ2v) is 2.69. The van der Waals surface area contributed by atoms with E-state index in [9.17, 15) is 0 Å². The van der Waals surface area contributed by atoms with Gasteiger partial charge in [0.05, 0.1) is 0 Å². The van der Waals surface area contributed by atoms with Gasteiger partial charge in [0.1, 0.15) is 0 Å². The van der Waals surface area contributed by atoms with Gasteiger partial charge in [0, 0.05) is 0 Å². The van der Waals surface area contributed by atoms with Crippen molar-refractivity contribution in [2.45, 2.75) is 32.1 Å². The Balaban J connectivity index is 0.000000490. The Bertz CT molecular complexity index is 68.5. The van der Waals surface area contributed by atoms with Crippen molar-refractivity contribution in [3.8, 4) is 0 Å². The summed E-state index contributed by atoms with van der Waals surface area (Å²) >= 11 is 5.14. The molecule has 0 unspecified atom stereocenters. The van der Waals surface area contributed by atoms with Gasteiger partial charge in [0.25, 0.3) is 0 Å². The number of hydrogen-bond acceptors (Lipinski definition) is 0. The molecule has 0 heterocycles. The van der Waals surface area contributed by atoms with Crippen LogP contribution < -0.4 is 0 Å². The third kappa shape index (κ3) is 2.64. The fourth-order valence-electron chi connectivity index (χ4n) is 0.908. The van der Waals surface area contributed by atoms with Gasteiger partial charge in [-0.15, -0.1) is 0 Å². The molecule has 0 aromatic heterocycles. The van der Waals surface area contributed by atoms with E-state index in [0.717, 1.165) is 0 Å². The van der Waals surface area contributed by atoms with Gasteiger partial charge in [0.15, 0.2) is 0 Å². The first-order chi connectivity index (χ1) is 3.39. The monoisotopic (exact) mass is 160 g/mol. The Kier molecular flexibility index (Phi) is 4.49. The molecule has 0 bridgehead atoms. The van der Waals surface area contributed by atoms with Gasteiger partial charge in [-0.25, -0.2) is 0 Å². The molecule has 8 heavy (non-hydrogen) atoms. The summed E-state index contributed by atoms with van der Waals surface area (Å²) < 4.78 is 1.28. The summed E-state index contributed by atoms with van der Waals surface area (Å²) in [5.74, 6) is 0. The Morgan fingerprint density at radius 3 is 1.75 bits per heavy atom. The van der Waals surface area contributed by atoms with Gasteiger partial charge in [-0.1, -0.05) is 0 Å². The van der Waals surface area contributed by atoms with E-state index in [2.05, 4.69) is 0 Å². The zero-order chi connectivity index (χ0) is 5.11. The van der Waals surface area contributed by atoms with Crippen molar-refractivity contribution in [2.24, 2.45) is 0 Å². The standard InChI is InChI=1S/C6H10.CH3.Cu/c1-2-4-6-5-3-1;;/h1-5H2;1H3;/q;-1;. The second kappa shape index (κ2) is 4.29. The van der Waals surface area contributed by atoms with Crippen molar-refractivity contribution in [3.05, 3.63) is 7.43 Å². The fourth-order valence-corrected chi connectivity index (χ4v) is 1.24. The molecule has 1 rings (SSSR count). The Morgan fingerprint density at radius 1 is 1.00 bits per heavy atom. The summed E-state index contributed by atoms with van der Waals surface area (Å²) in [7, 11) is 0. The van der Waals surface area contributed by atoms with Crippen LogP contribution in [-0.2, 0) is 15.6 Å². The molecule has 1 aliphatic carbocycles. The van der Waals surface area contributed by atoms with E-state index in [4.69, 9.17) is 15.6 Å². The van der Waals surface area contributed by atoms with Crippen LogP contribution in [0.2, 0.25) is 0 Å². The molecule has 0 radical (unpaired) electrons. The van der Waals surface area contributed by atoms with Crippen molar-refractivity contribution in [2.75, 3.05) is 0 Å². The Morgan fingerprint density at radius 2 is 1.50 bits per heavy atom. The molecule has 0 nitrogen and oxygen atoms in total. The summed E-state index contributed by atoms with van der Waals surface area (Å²) in [6, 6.07) is 0. The SMILES string of the molecule is [CH3-].[Cu]=[C]1CCCCC1. The van der Waals surface area contributed by atoms with Crippen molar-refractivity contribution in [1.82, 2.24) is 0 Å². The van der Waals surface area contributed by atoms with Crippen LogP contribution in [0.15, 0.2) is 0 Å². The molecule has 1 heteroatoms. The molecule has 0 aliphatic heterocycles. The molecule has 0 atom stereocenters.